The molecule has 5 aromatic carbocycles. The molecule has 0 aliphatic heterocycles. The predicted octanol–water partition coefficient (Wildman–Crippen LogP) is 7.73. The van der Waals surface area contributed by atoms with Gasteiger partial charge in [0.1, 0.15) is 10.6 Å². The van der Waals surface area contributed by atoms with Crippen LogP contribution in [-0.2, 0) is 11.4 Å². The Labute approximate surface area is 263 Å². The van der Waals surface area contributed by atoms with Crippen molar-refractivity contribution < 1.29 is 11.4 Å². The van der Waals surface area contributed by atoms with Gasteiger partial charge in [-0.15, -0.1) is 0 Å². The SMILES string of the molecule is [Cl][Cr]([Cl])[Cl].c1ccc(C(=NCC[PH+](c2ccccc2)c2ccccc2)N[PH+](c2ccccc2)c2ccccc2)cc1. The van der Waals surface area contributed by atoms with Gasteiger partial charge in [0, 0.05) is 5.56 Å². The normalized spacial score (nSPS) is 11.3. The molecule has 5 rings (SSSR count). The van der Waals surface area contributed by atoms with Crippen molar-refractivity contribution in [1.29, 1.82) is 0 Å². The second kappa shape index (κ2) is 17.7. The number of hydrogen-bond acceptors (Lipinski definition) is 1. The Morgan fingerprint density at radius 3 is 1.27 bits per heavy atom. The van der Waals surface area contributed by atoms with Gasteiger partial charge in [0.2, 0.25) is 0 Å². The smallest absolute Gasteiger partial charge is 0.161 e. The maximum absolute atomic E-state index is 5.23. The third kappa shape index (κ3) is 10.6. The van der Waals surface area contributed by atoms with Crippen molar-refractivity contribution in [2.45, 2.75) is 0 Å². The zero-order valence-electron chi connectivity index (χ0n) is 22.3. The topological polar surface area (TPSA) is 24.4 Å². The van der Waals surface area contributed by atoms with Gasteiger partial charge in [-0.2, -0.15) is 0 Å². The van der Waals surface area contributed by atoms with E-state index in [9.17, 15) is 0 Å². The van der Waals surface area contributed by atoms with Gasteiger partial charge in [0.15, 0.2) is 13.9 Å². The predicted molar refractivity (Wildman–Crippen MR) is 184 cm³/mol. The van der Waals surface area contributed by atoms with E-state index in [1.165, 1.54) is 21.2 Å². The molecule has 0 aromatic heterocycles. The molecular formula is C33H32Cl3CrN2P2+2. The average molecular weight is 677 g/mol. The maximum atomic E-state index is 5.23. The summed E-state index contributed by atoms with van der Waals surface area (Å²) in [5, 5.41) is 9.42. The van der Waals surface area contributed by atoms with E-state index in [4.69, 9.17) is 35.1 Å². The summed E-state index contributed by atoms with van der Waals surface area (Å²) in [4.78, 5) is 5.23. The van der Waals surface area contributed by atoms with E-state index in [2.05, 4.69) is 157 Å². The summed E-state index contributed by atoms with van der Waals surface area (Å²) in [6, 6.07) is 54.0. The first-order valence-corrected chi connectivity index (χ1v) is 21.6. The van der Waals surface area contributed by atoms with Crippen LogP contribution in [0.5, 0.6) is 0 Å². The first-order valence-electron chi connectivity index (χ1n) is 13.2. The van der Waals surface area contributed by atoms with E-state index in [1.807, 2.05) is 0 Å². The number of nitrogens with zero attached hydrogens (tertiary/aromatic N) is 1. The van der Waals surface area contributed by atoms with E-state index in [1.54, 1.807) is 0 Å². The second-order valence-electron chi connectivity index (χ2n) is 8.96. The maximum Gasteiger partial charge on any atom is 0.161 e. The van der Waals surface area contributed by atoms with Crippen molar-refractivity contribution >= 4 is 73.2 Å². The molecule has 0 fully saturated rings. The van der Waals surface area contributed by atoms with E-state index in [0.717, 1.165) is 24.1 Å². The van der Waals surface area contributed by atoms with Crippen molar-refractivity contribution in [3.05, 3.63) is 157 Å². The molecule has 8 heteroatoms. The van der Waals surface area contributed by atoms with Gasteiger partial charge in [-0.05, 0) is 48.5 Å². The quantitative estimate of drug-likeness (QED) is 0.0965. The van der Waals surface area contributed by atoms with Crippen molar-refractivity contribution in [1.82, 2.24) is 5.09 Å². The monoisotopic (exact) mass is 675 g/mol. The first-order chi connectivity index (χ1) is 20.1. The summed E-state index contributed by atoms with van der Waals surface area (Å²) in [5.41, 5.74) is 1.13. The minimum Gasteiger partial charge on any atom is -0.262 e. The molecule has 0 saturated heterocycles. The molecule has 0 unspecified atom stereocenters. The van der Waals surface area contributed by atoms with Crippen molar-refractivity contribution in [2.24, 2.45) is 4.99 Å². The van der Waals surface area contributed by atoms with Crippen LogP contribution in [0, 0.1) is 0 Å². The number of amidine groups is 1. The molecule has 41 heavy (non-hydrogen) atoms. The molecular weight excluding hydrogens is 645 g/mol. The second-order valence-corrected chi connectivity index (χ2v) is 20.0. The van der Waals surface area contributed by atoms with Crippen LogP contribution in [0.1, 0.15) is 5.56 Å². The molecule has 0 spiro atoms. The van der Waals surface area contributed by atoms with Crippen molar-refractivity contribution in [2.75, 3.05) is 12.7 Å². The van der Waals surface area contributed by atoms with Gasteiger partial charge in [0.25, 0.3) is 0 Å². The Morgan fingerprint density at radius 1 is 0.537 bits per heavy atom. The first kappa shape index (κ1) is 31.8. The molecule has 0 heterocycles. The van der Waals surface area contributed by atoms with Crippen LogP contribution in [-0.4, -0.2) is 18.5 Å². The molecule has 0 atom stereocenters. The third-order valence-electron chi connectivity index (χ3n) is 6.29. The van der Waals surface area contributed by atoms with Crippen LogP contribution >= 0.6 is 46.1 Å². The fourth-order valence-corrected chi connectivity index (χ4v) is 9.02. The van der Waals surface area contributed by atoms with Gasteiger partial charge >= 0.3 is 41.5 Å². The van der Waals surface area contributed by atoms with Crippen LogP contribution in [0.25, 0.3) is 0 Å². The Hall–Kier alpha value is -2.17. The van der Waals surface area contributed by atoms with E-state index in [0.29, 0.717) is 0 Å². The van der Waals surface area contributed by atoms with Crippen LogP contribution in [0.4, 0.5) is 0 Å². The summed E-state index contributed by atoms with van der Waals surface area (Å²) < 4.78 is 0. The summed E-state index contributed by atoms with van der Waals surface area (Å²) >= 11 is -1.62. The number of nitrogens with one attached hydrogen (secondary N) is 1. The zero-order valence-corrected chi connectivity index (χ0v) is 27.9. The molecule has 209 valence electrons. The summed E-state index contributed by atoms with van der Waals surface area (Å²) in [7, 11) is 12.6. The minimum atomic E-state index is -1.62. The fraction of sp³-hybridized carbons (Fsp3) is 0.0606. The molecule has 1 N–H and O–H groups in total. The Kier molecular flexibility index (Phi) is 13.7. The molecule has 0 amide bonds. The summed E-state index contributed by atoms with van der Waals surface area (Å²) in [6.45, 7) is 0.772. The number of rotatable bonds is 9. The zero-order chi connectivity index (χ0) is 28.7. The van der Waals surface area contributed by atoms with E-state index >= 15 is 0 Å². The van der Waals surface area contributed by atoms with Crippen LogP contribution in [0.15, 0.2) is 157 Å². The Balaban J connectivity index is 0.000000909. The molecule has 5 aromatic rings. The average Bonchev–Trinajstić information content (AvgIpc) is 3.03. The van der Waals surface area contributed by atoms with Gasteiger partial charge in [-0.1, -0.05) is 103 Å². The van der Waals surface area contributed by atoms with Crippen LogP contribution < -0.4 is 26.3 Å². The van der Waals surface area contributed by atoms with E-state index < -0.39 is 27.4 Å². The molecule has 0 radical (unpaired) electrons. The van der Waals surface area contributed by atoms with Crippen LogP contribution in [0.3, 0.4) is 0 Å². The Morgan fingerprint density at radius 2 is 0.878 bits per heavy atom. The van der Waals surface area contributed by atoms with Gasteiger partial charge < -0.3 is 0 Å². The van der Waals surface area contributed by atoms with Gasteiger partial charge in [0.05, 0.1) is 31.2 Å². The number of halogens is 3. The molecule has 0 bridgehead atoms. The molecule has 0 saturated carbocycles. The summed E-state index contributed by atoms with van der Waals surface area (Å²) in [5.74, 6) is 0.977. The summed E-state index contributed by atoms with van der Waals surface area (Å²) in [6.07, 6.45) is 1.04. The fourth-order valence-electron chi connectivity index (χ4n) is 4.45. The number of benzene rings is 5. The van der Waals surface area contributed by atoms with Gasteiger partial charge in [-0.3, -0.25) is 4.99 Å². The standard InChI is InChI=1S/C33H30N2P2.3ClH.Cr/c1-6-16-28(17-7-1)33(35-37(31-22-12-4-13-23-31)32-24-14-5-15-25-32)34-26-27-36(29-18-8-2-9-19-29)30-20-10-3-11-21-30;;;;/h1-25H,26-27H2,(H,34,35);3*1H;/q;;;;+3/p-1. The molecule has 2 nitrogen and oxygen atoms in total. The van der Waals surface area contributed by atoms with E-state index in [-0.39, 0.29) is 0 Å². The van der Waals surface area contributed by atoms with Crippen molar-refractivity contribution in [3.63, 3.8) is 0 Å². The molecule has 0 aliphatic rings. The van der Waals surface area contributed by atoms with Crippen molar-refractivity contribution in [3.8, 4) is 0 Å². The number of aliphatic imine (C=N–C) groups is 1. The largest absolute Gasteiger partial charge is 0.262 e. The van der Waals surface area contributed by atoms with Gasteiger partial charge in [-0.25, -0.2) is 5.09 Å². The minimum absolute atomic E-state index is 0.772. The third-order valence-corrected chi connectivity index (χ3v) is 11.4. The Bertz CT molecular complexity index is 1370. The van der Waals surface area contributed by atoms with Crippen LogP contribution in [0.2, 0.25) is 0 Å². The number of hydrogen-bond donors (Lipinski definition) is 1. The molecule has 0 aliphatic carbocycles.